The second-order valence-corrected chi connectivity index (χ2v) is 4.62. The minimum Gasteiger partial charge on any atom is -0.390 e. The van der Waals surface area contributed by atoms with Crippen LogP contribution in [0.3, 0.4) is 0 Å². The molecule has 0 aliphatic heterocycles. The molecule has 17 heavy (non-hydrogen) atoms. The van der Waals surface area contributed by atoms with Gasteiger partial charge < -0.3 is 15.4 Å². The van der Waals surface area contributed by atoms with Gasteiger partial charge in [0.15, 0.2) is 0 Å². The van der Waals surface area contributed by atoms with Gasteiger partial charge in [0.1, 0.15) is 0 Å². The molecule has 3 N–H and O–H groups in total. The SMILES string of the molecule is Cc1c(CO)n(CCCN)c2ccc(Cl)cc12. The molecule has 2 aromatic rings. The Bertz CT molecular complexity index is 534. The Kier molecular flexibility index (Phi) is 3.72. The summed E-state index contributed by atoms with van der Waals surface area (Å²) in [5.74, 6) is 0. The molecule has 0 radical (unpaired) electrons. The number of benzene rings is 1. The molecule has 1 aromatic heterocycles. The monoisotopic (exact) mass is 252 g/mol. The van der Waals surface area contributed by atoms with E-state index in [2.05, 4.69) is 4.57 Å². The molecule has 92 valence electrons. The first kappa shape index (κ1) is 12.4. The van der Waals surface area contributed by atoms with Crippen molar-refractivity contribution in [1.29, 1.82) is 0 Å². The number of nitrogens with zero attached hydrogens (tertiary/aromatic N) is 1. The number of aromatic nitrogens is 1. The highest BCUT2D eigenvalue weighted by atomic mass is 35.5. The molecule has 1 heterocycles. The summed E-state index contributed by atoms with van der Waals surface area (Å²) in [6.45, 7) is 3.54. The summed E-state index contributed by atoms with van der Waals surface area (Å²) in [6.07, 6.45) is 0.902. The van der Waals surface area contributed by atoms with E-state index in [0.717, 1.165) is 40.1 Å². The van der Waals surface area contributed by atoms with E-state index >= 15 is 0 Å². The number of aryl methyl sites for hydroxylation is 2. The molecule has 0 spiro atoms. The van der Waals surface area contributed by atoms with Crippen molar-refractivity contribution in [2.24, 2.45) is 5.73 Å². The Labute approximate surface area is 106 Å². The summed E-state index contributed by atoms with van der Waals surface area (Å²) in [6, 6.07) is 5.83. The van der Waals surface area contributed by atoms with Crippen LogP contribution >= 0.6 is 11.6 Å². The van der Waals surface area contributed by atoms with Crippen molar-refractivity contribution in [3.05, 3.63) is 34.5 Å². The fourth-order valence-electron chi connectivity index (χ4n) is 2.26. The lowest BCUT2D eigenvalue weighted by Gasteiger charge is -2.08. The number of nitrogens with two attached hydrogens (primary N) is 1. The van der Waals surface area contributed by atoms with Gasteiger partial charge in [-0.1, -0.05) is 11.6 Å². The molecule has 0 aliphatic carbocycles. The van der Waals surface area contributed by atoms with Gasteiger partial charge in [0, 0.05) is 28.2 Å². The highest BCUT2D eigenvalue weighted by Crippen LogP contribution is 2.28. The Morgan fingerprint density at radius 3 is 2.82 bits per heavy atom. The smallest absolute Gasteiger partial charge is 0.0835 e. The van der Waals surface area contributed by atoms with Crippen LogP contribution < -0.4 is 5.73 Å². The van der Waals surface area contributed by atoms with Crippen molar-refractivity contribution >= 4 is 22.5 Å². The van der Waals surface area contributed by atoms with Crippen LogP contribution in [0.2, 0.25) is 5.02 Å². The van der Waals surface area contributed by atoms with E-state index in [1.54, 1.807) is 0 Å². The first-order valence-corrected chi connectivity index (χ1v) is 6.15. The highest BCUT2D eigenvalue weighted by molar-refractivity contribution is 6.31. The molecule has 0 bridgehead atoms. The van der Waals surface area contributed by atoms with Crippen molar-refractivity contribution in [3.63, 3.8) is 0 Å². The number of aliphatic hydroxyl groups is 1. The van der Waals surface area contributed by atoms with E-state index in [4.69, 9.17) is 17.3 Å². The van der Waals surface area contributed by atoms with Gasteiger partial charge in [-0.25, -0.2) is 0 Å². The van der Waals surface area contributed by atoms with Gasteiger partial charge in [-0.05, 0) is 43.7 Å². The van der Waals surface area contributed by atoms with Gasteiger partial charge in [-0.15, -0.1) is 0 Å². The summed E-state index contributed by atoms with van der Waals surface area (Å²) in [5, 5.41) is 11.3. The maximum absolute atomic E-state index is 9.48. The van der Waals surface area contributed by atoms with Crippen molar-refractivity contribution in [3.8, 4) is 0 Å². The molecule has 0 saturated carbocycles. The van der Waals surface area contributed by atoms with E-state index in [1.165, 1.54) is 0 Å². The molecule has 0 saturated heterocycles. The van der Waals surface area contributed by atoms with E-state index < -0.39 is 0 Å². The topological polar surface area (TPSA) is 51.2 Å². The third-order valence-corrected chi connectivity index (χ3v) is 3.38. The minimum atomic E-state index is 0.0443. The van der Waals surface area contributed by atoms with Crippen LogP contribution in [0.25, 0.3) is 10.9 Å². The van der Waals surface area contributed by atoms with Crippen LogP contribution in [-0.2, 0) is 13.2 Å². The molecule has 2 rings (SSSR count). The van der Waals surface area contributed by atoms with E-state index in [0.29, 0.717) is 6.54 Å². The molecule has 3 nitrogen and oxygen atoms in total. The van der Waals surface area contributed by atoms with Gasteiger partial charge in [-0.2, -0.15) is 0 Å². The largest absolute Gasteiger partial charge is 0.390 e. The number of hydrogen-bond donors (Lipinski definition) is 2. The van der Waals surface area contributed by atoms with Crippen molar-refractivity contribution in [1.82, 2.24) is 4.57 Å². The zero-order valence-electron chi connectivity index (χ0n) is 9.91. The minimum absolute atomic E-state index is 0.0443. The van der Waals surface area contributed by atoms with Gasteiger partial charge in [0.25, 0.3) is 0 Å². The van der Waals surface area contributed by atoms with E-state index in [-0.39, 0.29) is 6.61 Å². The number of rotatable bonds is 4. The number of fused-ring (bicyclic) bond motifs is 1. The van der Waals surface area contributed by atoms with E-state index in [9.17, 15) is 5.11 Å². The van der Waals surface area contributed by atoms with Crippen LogP contribution in [0, 0.1) is 6.92 Å². The molecular weight excluding hydrogens is 236 g/mol. The van der Waals surface area contributed by atoms with E-state index in [1.807, 2.05) is 25.1 Å². The average molecular weight is 253 g/mol. The van der Waals surface area contributed by atoms with Crippen molar-refractivity contribution < 1.29 is 5.11 Å². The van der Waals surface area contributed by atoms with Crippen LogP contribution in [0.4, 0.5) is 0 Å². The zero-order chi connectivity index (χ0) is 12.4. The van der Waals surface area contributed by atoms with Gasteiger partial charge >= 0.3 is 0 Å². The third-order valence-electron chi connectivity index (χ3n) is 3.15. The summed E-state index contributed by atoms with van der Waals surface area (Å²) < 4.78 is 2.13. The number of hydrogen-bond acceptors (Lipinski definition) is 2. The highest BCUT2D eigenvalue weighted by Gasteiger charge is 2.13. The van der Waals surface area contributed by atoms with Gasteiger partial charge in [0.05, 0.1) is 6.61 Å². The molecule has 0 amide bonds. The molecule has 0 fully saturated rings. The van der Waals surface area contributed by atoms with Crippen molar-refractivity contribution in [2.45, 2.75) is 26.5 Å². The average Bonchev–Trinajstić information content (AvgIpc) is 2.59. The van der Waals surface area contributed by atoms with Crippen molar-refractivity contribution in [2.75, 3.05) is 6.54 Å². The quantitative estimate of drug-likeness (QED) is 0.878. The Hall–Kier alpha value is -1.03. The second-order valence-electron chi connectivity index (χ2n) is 4.19. The molecule has 4 heteroatoms. The summed E-state index contributed by atoms with van der Waals surface area (Å²) in [4.78, 5) is 0. The summed E-state index contributed by atoms with van der Waals surface area (Å²) >= 11 is 6.01. The van der Waals surface area contributed by atoms with Crippen LogP contribution in [-0.4, -0.2) is 16.2 Å². The molecule has 0 unspecified atom stereocenters. The Morgan fingerprint density at radius 2 is 2.18 bits per heavy atom. The number of aliphatic hydroxyl groups excluding tert-OH is 1. The van der Waals surface area contributed by atoms with Crippen LogP contribution in [0.1, 0.15) is 17.7 Å². The molecule has 0 atom stereocenters. The zero-order valence-corrected chi connectivity index (χ0v) is 10.7. The Morgan fingerprint density at radius 1 is 1.41 bits per heavy atom. The Balaban J connectivity index is 2.62. The first-order valence-electron chi connectivity index (χ1n) is 5.77. The molecule has 0 aliphatic rings. The second kappa shape index (κ2) is 5.08. The standard InChI is InChI=1S/C13H17ClN2O/c1-9-11-7-10(14)3-4-12(11)16(6-2-5-15)13(9)8-17/h3-4,7,17H,2,5-6,8,15H2,1H3. The summed E-state index contributed by atoms with van der Waals surface area (Å²) in [7, 11) is 0. The van der Waals surface area contributed by atoms with Crippen LogP contribution in [0.5, 0.6) is 0 Å². The fourth-order valence-corrected chi connectivity index (χ4v) is 2.43. The van der Waals surface area contributed by atoms with Crippen LogP contribution in [0.15, 0.2) is 18.2 Å². The lowest BCUT2D eigenvalue weighted by Crippen LogP contribution is -2.08. The maximum Gasteiger partial charge on any atom is 0.0835 e. The predicted octanol–water partition coefficient (Wildman–Crippen LogP) is 2.44. The van der Waals surface area contributed by atoms with Gasteiger partial charge in [0.2, 0.25) is 0 Å². The predicted molar refractivity (Wildman–Crippen MR) is 71.3 cm³/mol. The first-order chi connectivity index (χ1) is 8.19. The lowest BCUT2D eigenvalue weighted by molar-refractivity contribution is 0.270. The lowest BCUT2D eigenvalue weighted by atomic mass is 10.1. The molecular formula is C13H17ClN2O. The third kappa shape index (κ3) is 2.18. The van der Waals surface area contributed by atoms with Gasteiger partial charge in [-0.3, -0.25) is 0 Å². The molecule has 1 aromatic carbocycles. The fraction of sp³-hybridized carbons (Fsp3) is 0.385. The number of halogens is 1. The normalized spacial score (nSPS) is 11.3. The summed E-state index contributed by atoms with van der Waals surface area (Å²) in [5.41, 5.74) is 8.71. The maximum atomic E-state index is 9.48.